The molecule has 8 heteroatoms. The van der Waals surface area contributed by atoms with Crippen molar-refractivity contribution in [2.24, 2.45) is 0 Å². The highest BCUT2D eigenvalue weighted by Crippen LogP contribution is 2.24. The molecular formula is C19H29N7O. The lowest BCUT2D eigenvalue weighted by atomic mass is 10.2. The fourth-order valence-electron chi connectivity index (χ4n) is 3.44. The maximum atomic E-state index is 12.0. The summed E-state index contributed by atoms with van der Waals surface area (Å²) in [6.07, 6.45) is 4.84. The van der Waals surface area contributed by atoms with Crippen LogP contribution in [0.2, 0.25) is 0 Å². The first-order valence-corrected chi connectivity index (χ1v) is 9.47. The Morgan fingerprint density at radius 2 is 2.11 bits per heavy atom. The highest BCUT2D eigenvalue weighted by molar-refractivity contribution is 5.90. The van der Waals surface area contributed by atoms with Gasteiger partial charge in [0, 0.05) is 56.2 Å². The molecule has 0 radical (unpaired) electrons. The Morgan fingerprint density at radius 1 is 1.33 bits per heavy atom. The Bertz CT molecular complexity index is 814. The number of imidazole rings is 1. The molecular weight excluding hydrogens is 342 g/mol. The van der Waals surface area contributed by atoms with Crippen molar-refractivity contribution in [1.29, 1.82) is 0 Å². The van der Waals surface area contributed by atoms with Gasteiger partial charge >= 0.3 is 0 Å². The van der Waals surface area contributed by atoms with Gasteiger partial charge in [-0.25, -0.2) is 15.0 Å². The largest absolute Gasteiger partial charge is 0.355 e. The molecule has 0 aromatic carbocycles. The van der Waals surface area contributed by atoms with Crippen molar-refractivity contribution in [1.82, 2.24) is 30.2 Å². The summed E-state index contributed by atoms with van der Waals surface area (Å²) in [4.78, 5) is 27.3. The van der Waals surface area contributed by atoms with Crippen LogP contribution in [0.3, 0.4) is 0 Å². The number of carbonyl (C=O) groups excluding carboxylic acids is 1. The summed E-state index contributed by atoms with van der Waals surface area (Å²) in [6.45, 7) is 10.8. The fraction of sp³-hybridized carbons (Fsp3) is 0.579. The highest BCUT2D eigenvalue weighted by Gasteiger charge is 2.26. The van der Waals surface area contributed by atoms with Crippen LogP contribution in [-0.4, -0.2) is 51.6 Å². The molecule has 3 rings (SSSR count). The number of aryl methyl sites for hydroxylation is 1. The molecule has 1 fully saturated rings. The molecule has 146 valence electrons. The predicted octanol–water partition coefficient (Wildman–Crippen LogP) is 1.60. The van der Waals surface area contributed by atoms with Gasteiger partial charge < -0.3 is 20.1 Å². The molecule has 1 aliphatic rings. The summed E-state index contributed by atoms with van der Waals surface area (Å²) in [5.74, 6) is 0.834. The number of nitrogens with one attached hydrogen (secondary N) is 2. The maximum Gasteiger partial charge on any atom is 0.288 e. The predicted molar refractivity (Wildman–Crippen MR) is 105 cm³/mol. The van der Waals surface area contributed by atoms with Crippen molar-refractivity contribution in [3.8, 4) is 0 Å². The summed E-state index contributed by atoms with van der Waals surface area (Å²) in [7, 11) is 1.60. The number of rotatable bonds is 6. The molecule has 0 saturated carbocycles. The lowest BCUT2D eigenvalue weighted by Crippen LogP contribution is -2.33. The number of anilines is 1. The van der Waals surface area contributed by atoms with Crippen molar-refractivity contribution in [3.63, 3.8) is 0 Å². The van der Waals surface area contributed by atoms with Crippen molar-refractivity contribution < 1.29 is 4.79 Å². The van der Waals surface area contributed by atoms with E-state index in [-0.39, 0.29) is 11.7 Å². The molecule has 2 aromatic heterocycles. The van der Waals surface area contributed by atoms with E-state index in [0.29, 0.717) is 12.1 Å². The van der Waals surface area contributed by atoms with Crippen LogP contribution in [0, 0.1) is 13.8 Å². The van der Waals surface area contributed by atoms with E-state index in [1.165, 1.54) is 5.69 Å². The Labute approximate surface area is 160 Å². The van der Waals surface area contributed by atoms with E-state index >= 15 is 0 Å². The van der Waals surface area contributed by atoms with Crippen LogP contribution in [0.25, 0.3) is 0 Å². The third-order valence-electron chi connectivity index (χ3n) is 5.16. The van der Waals surface area contributed by atoms with Crippen LogP contribution in [-0.2, 0) is 6.54 Å². The lowest BCUT2D eigenvalue weighted by molar-refractivity contribution is 0.0952. The zero-order valence-electron chi connectivity index (χ0n) is 16.8. The highest BCUT2D eigenvalue weighted by atomic mass is 16.2. The maximum absolute atomic E-state index is 12.0. The Balaban J connectivity index is 1.68. The van der Waals surface area contributed by atoms with Crippen LogP contribution in [0.5, 0.6) is 0 Å². The van der Waals surface area contributed by atoms with Gasteiger partial charge in [-0.15, -0.1) is 0 Å². The summed E-state index contributed by atoms with van der Waals surface area (Å²) < 4.78 is 2.19. The van der Waals surface area contributed by atoms with Gasteiger partial charge in [-0.05, 0) is 34.1 Å². The van der Waals surface area contributed by atoms with Gasteiger partial charge in [0.2, 0.25) is 5.82 Å². The minimum atomic E-state index is -0.254. The van der Waals surface area contributed by atoms with Crippen molar-refractivity contribution in [2.45, 2.75) is 52.7 Å². The van der Waals surface area contributed by atoms with Crippen molar-refractivity contribution in [2.75, 3.05) is 25.0 Å². The average Bonchev–Trinajstić information content (AvgIpc) is 3.30. The minimum absolute atomic E-state index is 0.229. The summed E-state index contributed by atoms with van der Waals surface area (Å²) in [5.41, 5.74) is 3.07. The standard InChI is InChI=1S/C19H29N7O/c1-12(2)26-11-21-8-16(26)9-22-15-6-7-25(10-15)18-13(3)14(4)23-17(24-18)19(27)20-5/h8,11-12,15,22H,6-7,9-10H2,1-5H3,(H,20,27)/t15-/m1/s1. The van der Waals surface area contributed by atoms with E-state index in [2.05, 4.69) is 48.9 Å². The van der Waals surface area contributed by atoms with E-state index in [1.807, 2.05) is 26.4 Å². The number of carbonyl (C=O) groups is 1. The van der Waals surface area contributed by atoms with Crippen LogP contribution in [0.1, 0.15) is 53.9 Å². The first-order valence-electron chi connectivity index (χ1n) is 9.47. The molecule has 1 saturated heterocycles. The summed E-state index contributed by atoms with van der Waals surface area (Å²) in [6, 6.07) is 0.776. The number of hydrogen-bond donors (Lipinski definition) is 2. The van der Waals surface area contributed by atoms with Crippen molar-refractivity contribution in [3.05, 3.63) is 35.3 Å². The second-order valence-corrected chi connectivity index (χ2v) is 7.36. The van der Waals surface area contributed by atoms with Crippen molar-refractivity contribution >= 4 is 11.7 Å². The van der Waals surface area contributed by atoms with E-state index in [0.717, 1.165) is 43.1 Å². The average molecular weight is 371 g/mol. The third-order valence-corrected chi connectivity index (χ3v) is 5.16. The molecule has 1 atom stereocenters. The second-order valence-electron chi connectivity index (χ2n) is 7.36. The molecule has 8 nitrogen and oxygen atoms in total. The molecule has 0 unspecified atom stereocenters. The molecule has 1 amide bonds. The topological polar surface area (TPSA) is 88.0 Å². The smallest absolute Gasteiger partial charge is 0.288 e. The first kappa shape index (κ1) is 19.3. The number of hydrogen-bond acceptors (Lipinski definition) is 6. The van der Waals surface area contributed by atoms with Gasteiger partial charge in [0.25, 0.3) is 5.91 Å². The molecule has 0 spiro atoms. The second kappa shape index (κ2) is 8.04. The SMILES string of the molecule is CNC(=O)c1nc(C)c(C)c(N2CC[C@@H](NCc3cncn3C(C)C)C2)n1. The van der Waals surface area contributed by atoms with Gasteiger partial charge in [0.1, 0.15) is 5.82 Å². The van der Waals surface area contributed by atoms with E-state index in [1.54, 1.807) is 7.05 Å². The monoisotopic (exact) mass is 371 g/mol. The fourth-order valence-corrected chi connectivity index (χ4v) is 3.44. The molecule has 27 heavy (non-hydrogen) atoms. The minimum Gasteiger partial charge on any atom is -0.355 e. The number of nitrogens with zero attached hydrogens (tertiary/aromatic N) is 5. The molecule has 0 bridgehead atoms. The molecule has 1 aliphatic heterocycles. The van der Waals surface area contributed by atoms with Crippen LogP contribution < -0.4 is 15.5 Å². The normalized spacial score (nSPS) is 17.0. The van der Waals surface area contributed by atoms with Crippen LogP contribution >= 0.6 is 0 Å². The number of aromatic nitrogens is 4. The Morgan fingerprint density at radius 3 is 2.81 bits per heavy atom. The molecule has 2 aromatic rings. The van der Waals surface area contributed by atoms with Gasteiger partial charge in [0.15, 0.2) is 0 Å². The first-order chi connectivity index (χ1) is 12.9. The Hall–Kier alpha value is -2.48. The summed E-state index contributed by atoms with van der Waals surface area (Å²) >= 11 is 0. The molecule has 0 aliphatic carbocycles. The van der Waals surface area contributed by atoms with Gasteiger partial charge in [0.05, 0.1) is 12.0 Å². The van der Waals surface area contributed by atoms with Crippen LogP contribution in [0.15, 0.2) is 12.5 Å². The van der Waals surface area contributed by atoms with E-state index in [9.17, 15) is 4.79 Å². The van der Waals surface area contributed by atoms with Gasteiger partial charge in [-0.2, -0.15) is 0 Å². The number of amides is 1. The molecule has 2 N–H and O–H groups in total. The van der Waals surface area contributed by atoms with E-state index < -0.39 is 0 Å². The summed E-state index contributed by atoms with van der Waals surface area (Å²) in [5, 5.41) is 6.24. The van der Waals surface area contributed by atoms with Crippen LogP contribution in [0.4, 0.5) is 5.82 Å². The molecule has 3 heterocycles. The zero-order chi connectivity index (χ0) is 19.6. The zero-order valence-corrected chi connectivity index (χ0v) is 16.8. The Kier molecular flexibility index (Phi) is 5.74. The quantitative estimate of drug-likeness (QED) is 0.802. The van der Waals surface area contributed by atoms with Gasteiger partial charge in [-0.1, -0.05) is 0 Å². The third kappa shape index (κ3) is 4.10. The lowest BCUT2D eigenvalue weighted by Gasteiger charge is -2.21. The van der Waals surface area contributed by atoms with E-state index in [4.69, 9.17) is 0 Å². The van der Waals surface area contributed by atoms with Gasteiger partial charge in [-0.3, -0.25) is 4.79 Å².